The fourth-order valence-corrected chi connectivity index (χ4v) is 20.8. The molecular weight excluding hydrogens is 661 g/mol. The normalized spacial score (nSPS) is 16.1. The number of benzene rings is 7. The molecule has 0 nitrogen and oxygen atoms in total. The minimum Gasteiger partial charge on any atom is -0.0623 e. The summed E-state index contributed by atoms with van der Waals surface area (Å²) in [7, 11) is -5.86. The van der Waals surface area contributed by atoms with Gasteiger partial charge in [-0.1, -0.05) is 167 Å². The van der Waals surface area contributed by atoms with Gasteiger partial charge in [0.1, 0.15) is 24.2 Å². The van der Waals surface area contributed by atoms with Gasteiger partial charge in [-0.25, -0.2) is 0 Å². The Morgan fingerprint density at radius 2 is 0.490 bits per heavy atom. The van der Waals surface area contributed by atoms with E-state index >= 15 is 0 Å². The van der Waals surface area contributed by atoms with Crippen molar-refractivity contribution in [3.05, 3.63) is 146 Å². The second kappa shape index (κ2) is 10.6. The molecule has 0 atom stereocenters. The maximum absolute atomic E-state index is 2.55. The Morgan fingerprint density at radius 3 is 0.784 bits per heavy atom. The predicted molar refractivity (Wildman–Crippen MR) is 229 cm³/mol. The van der Waals surface area contributed by atoms with E-state index in [0.29, 0.717) is 0 Å². The smallest absolute Gasteiger partial charge is 0.0623 e. The molecule has 246 valence electrons. The van der Waals surface area contributed by atoms with E-state index in [4.69, 9.17) is 0 Å². The molecular formula is C48H42Si3. The van der Waals surface area contributed by atoms with Crippen LogP contribution in [0.25, 0.3) is 66.8 Å². The van der Waals surface area contributed by atoms with Gasteiger partial charge in [-0.2, -0.15) is 0 Å². The van der Waals surface area contributed by atoms with Crippen molar-refractivity contribution in [2.24, 2.45) is 0 Å². The Labute approximate surface area is 305 Å². The van der Waals surface area contributed by atoms with Crippen LogP contribution in [0.3, 0.4) is 0 Å². The molecule has 3 heterocycles. The lowest BCUT2D eigenvalue weighted by Gasteiger charge is -2.26. The highest BCUT2D eigenvalue weighted by atomic mass is 28.3. The average Bonchev–Trinajstić information content (AvgIpc) is 3.65. The van der Waals surface area contributed by atoms with Crippen LogP contribution in [-0.4, -0.2) is 24.2 Å². The summed E-state index contributed by atoms with van der Waals surface area (Å²) in [5, 5.41) is 9.41. The fraction of sp³-hybridized carbons (Fsp3) is 0.125. The minimum atomic E-state index is -1.95. The first-order valence-corrected chi connectivity index (χ1v) is 27.4. The molecule has 0 aliphatic carbocycles. The summed E-state index contributed by atoms with van der Waals surface area (Å²) >= 11 is 0. The maximum Gasteiger partial charge on any atom is 0.114 e. The van der Waals surface area contributed by atoms with Crippen LogP contribution < -0.4 is 31.1 Å². The van der Waals surface area contributed by atoms with Gasteiger partial charge in [-0.05, 0) is 116 Å². The van der Waals surface area contributed by atoms with Crippen molar-refractivity contribution in [3.8, 4) is 66.8 Å². The molecule has 7 aromatic rings. The molecule has 51 heavy (non-hydrogen) atoms. The zero-order chi connectivity index (χ0) is 34.9. The molecule has 3 aliphatic rings. The molecule has 0 saturated heterocycles. The van der Waals surface area contributed by atoms with E-state index in [9.17, 15) is 0 Å². The van der Waals surface area contributed by atoms with Crippen molar-refractivity contribution >= 4 is 55.3 Å². The van der Waals surface area contributed by atoms with Gasteiger partial charge in [-0.3, -0.25) is 0 Å². The zero-order valence-electron chi connectivity index (χ0n) is 30.4. The van der Waals surface area contributed by atoms with E-state index in [1.807, 2.05) is 0 Å². The summed E-state index contributed by atoms with van der Waals surface area (Å²) in [4.78, 5) is 0. The van der Waals surface area contributed by atoms with Crippen molar-refractivity contribution in [2.75, 3.05) is 0 Å². The van der Waals surface area contributed by atoms with Crippen LogP contribution in [0.5, 0.6) is 0 Å². The van der Waals surface area contributed by atoms with E-state index in [1.165, 1.54) is 66.8 Å². The maximum atomic E-state index is 2.55. The molecule has 7 aromatic carbocycles. The molecule has 0 bridgehead atoms. The highest BCUT2D eigenvalue weighted by Gasteiger charge is 2.42. The number of fused-ring (bicyclic) bond motifs is 9. The SMILES string of the molecule is C[Si]1(C)c2ccccc2-c2cccc(-c3cc(-c4cccc5c4[Si](C)(C)c4ccccc4-5)cc(-c4cccc5c4[Si](C)(C)c4ccccc4-5)c3)c21. The third kappa shape index (κ3) is 4.17. The van der Waals surface area contributed by atoms with Crippen molar-refractivity contribution in [2.45, 2.75) is 39.3 Å². The van der Waals surface area contributed by atoms with Crippen molar-refractivity contribution in [1.29, 1.82) is 0 Å². The van der Waals surface area contributed by atoms with E-state index in [-0.39, 0.29) is 0 Å². The first-order valence-electron chi connectivity index (χ1n) is 18.4. The molecule has 3 aliphatic heterocycles. The van der Waals surface area contributed by atoms with Crippen LogP contribution >= 0.6 is 0 Å². The first-order chi connectivity index (χ1) is 24.6. The van der Waals surface area contributed by atoms with Gasteiger partial charge in [0.05, 0.1) is 0 Å². The lowest BCUT2D eigenvalue weighted by Crippen LogP contribution is -2.50. The highest BCUT2D eigenvalue weighted by Crippen LogP contribution is 2.41. The molecule has 0 unspecified atom stereocenters. The molecule has 0 spiro atoms. The summed E-state index contributed by atoms with van der Waals surface area (Å²) in [6.07, 6.45) is 0. The van der Waals surface area contributed by atoms with Crippen molar-refractivity contribution in [1.82, 2.24) is 0 Å². The molecule has 0 aromatic heterocycles. The van der Waals surface area contributed by atoms with Gasteiger partial charge in [0.25, 0.3) is 0 Å². The number of rotatable bonds is 3. The number of hydrogen-bond donors (Lipinski definition) is 0. The second-order valence-electron chi connectivity index (χ2n) is 16.5. The Morgan fingerprint density at radius 1 is 0.255 bits per heavy atom. The van der Waals surface area contributed by atoms with Gasteiger partial charge in [0.2, 0.25) is 0 Å². The Bertz CT molecular complexity index is 2320. The second-order valence-corrected chi connectivity index (χ2v) is 29.4. The lowest BCUT2D eigenvalue weighted by atomic mass is 9.90. The van der Waals surface area contributed by atoms with Crippen molar-refractivity contribution in [3.63, 3.8) is 0 Å². The van der Waals surface area contributed by atoms with E-state index in [0.717, 1.165) is 0 Å². The average molecular weight is 703 g/mol. The first kappa shape index (κ1) is 31.0. The van der Waals surface area contributed by atoms with Crippen LogP contribution in [0.15, 0.2) is 146 Å². The molecule has 0 N–H and O–H groups in total. The highest BCUT2D eigenvalue weighted by molar-refractivity contribution is 7.06. The standard InChI is InChI=1S/C48H42Si3/c1-49(2)43-25-10-7-16-37(43)40-22-13-19-34(46(40)49)31-28-32(35-20-14-23-41-38-17-8-11-26-44(38)50(3,4)47(35)41)30-33(29-31)36-21-15-24-42-39-18-9-12-27-45(39)51(5,6)48(36)42/h7-30H,1-6H3. The van der Waals surface area contributed by atoms with E-state index < -0.39 is 24.2 Å². The van der Waals surface area contributed by atoms with Crippen LogP contribution in [0.4, 0.5) is 0 Å². The minimum absolute atomic E-state index is 1.34. The quantitative estimate of drug-likeness (QED) is 0.161. The Hall–Kier alpha value is -4.81. The van der Waals surface area contributed by atoms with Crippen LogP contribution in [-0.2, 0) is 0 Å². The summed E-state index contributed by atoms with van der Waals surface area (Å²) in [5.74, 6) is 0. The number of hydrogen-bond acceptors (Lipinski definition) is 0. The van der Waals surface area contributed by atoms with Gasteiger partial charge in [-0.15, -0.1) is 0 Å². The fourth-order valence-electron chi connectivity index (χ4n) is 10.4. The summed E-state index contributed by atoms with van der Waals surface area (Å²) in [6.45, 7) is 15.3. The topological polar surface area (TPSA) is 0 Å². The predicted octanol–water partition coefficient (Wildman–Crippen LogP) is 9.10. The summed E-state index contributed by atoms with van der Waals surface area (Å²) in [5.41, 5.74) is 16.8. The van der Waals surface area contributed by atoms with E-state index in [1.54, 1.807) is 31.1 Å². The monoisotopic (exact) mass is 702 g/mol. The lowest BCUT2D eigenvalue weighted by molar-refractivity contribution is 1.59. The molecule has 0 fully saturated rings. The third-order valence-corrected chi connectivity index (χ3v) is 23.3. The Kier molecular flexibility index (Phi) is 6.44. The van der Waals surface area contributed by atoms with Crippen LogP contribution in [0.2, 0.25) is 39.3 Å². The molecule has 0 saturated carbocycles. The van der Waals surface area contributed by atoms with Gasteiger partial charge in [0.15, 0.2) is 0 Å². The van der Waals surface area contributed by atoms with Crippen LogP contribution in [0, 0.1) is 0 Å². The molecule has 10 rings (SSSR count). The van der Waals surface area contributed by atoms with Gasteiger partial charge >= 0.3 is 0 Å². The summed E-state index contributed by atoms with van der Waals surface area (Å²) < 4.78 is 0. The van der Waals surface area contributed by atoms with Crippen LogP contribution in [0.1, 0.15) is 0 Å². The summed E-state index contributed by atoms with van der Waals surface area (Å²) in [6, 6.07) is 56.4. The Balaban J connectivity index is 1.27. The van der Waals surface area contributed by atoms with Gasteiger partial charge < -0.3 is 0 Å². The van der Waals surface area contributed by atoms with Crippen molar-refractivity contribution < 1.29 is 0 Å². The van der Waals surface area contributed by atoms with Gasteiger partial charge in [0, 0.05) is 0 Å². The molecule has 0 amide bonds. The largest absolute Gasteiger partial charge is 0.114 e. The molecule has 3 heteroatoms. The molecule has 0 radical (unpaired) electrons. The zero-order valence-corrected chi connectivity index (χ0v) is 33.4. The van der Waals surface area contributed by atoms with E-state index in [2.05, 4.69) is 185 Å². The third-order valence-electron chi connectivity index (χ3n) is 12.6.